The molecule has 0 bridgehead atoms. The predicted octanol–water partition coefficient (Wildman–Crippen LogP) is 5.41. The summed E-state index contributed by atoms with van der Waals surface area (Å²) in [5.41, 5.74) is 2.91. The molecule has 1 aliphatic heterocycles. The van der Waals surface area contributed by atoms with E-state index in [1.54, 1.807) is 0 Å². The van der Waals surface area contributed by atoms with Crippen LogP contribution in [-0.2, 0) is 6.54 Å². The molecule has 0 N–H and O–H groups in total. The highest BCUT2D eigenvalue weighted by Gasteiger charge is 2.41. The van der Waals surface area contributed by atoms with E-state index in [0.717, 1.165) is 62.4 Å². The van der Waals surface area contributed by atoms with Crippen molar-refractivity contribution >= 4 is 34.4 Å². The number of ether oxygens (including phenoxy) is 2. The lowest BCUT2D eigenvalue weighted by atomic mass is 10.2. The second-order valence-electron chi connectivity index (χ2n) is 10.7. The van der Waals surface area contributed by atoms with Crippen LogP contribution in [0.2, 0.25) is 10.0 Å². The van der Waals surface area contributed by atoms with E-state index in [9.17, 15) is 0 Å². The molecule has 4 aromatic rings. The van der Waals surface area contributed by atoms with Crippen LogP contribution in [0.25, 0.3) is 22.6 Å². The summed E-state index contributed by atoms with van der Waals surface area (Å²) in [6, 6.07) is 13.5. The Morgan fingerprint density at radius 3 is 2.56 bits per heavy atom. The number of hydrogen-bond donors (Lipinski definition) is 0. The Labute approximate surface area is 238 Å². The molecule has 0 amide bonds. The SMILES string of the molecule is CN1CCN(CCOc2ccc(-c3nc4c(OC5(C)CC5)ncnc4n3Cc3cccc(Cl)c3)c(Cl)c2)CC1. The molecule has 0 spiro atoms. The van der Waals surface area contributed by atoms with Gasteiger partial charge in [0.05, 0.1) is 11.6 Å². The fourth-order valence-electron chi connectivity index (χ4n) is 4.81. The van der Waals surface area contributed by atoms with Crippen LogP contribution in [0.5, 0.6) is 11.6 Å². The lowest BCUT2D eigenvalue weighted by Crippen LogP contribution is -2.45. The molecule has 1 saturated carbocycles. The second-order valence-corrected chi connectivity index (χ2v) is 11.5. The van der Waals surface area contributed by atoms with E-state index in [4.69, 9.17) is 37.7 Å². The van der Waals surface area contributed by atoms with Gasteiger partial charge >= 0.3 is 0 Å². The van der Waals surface area contributed by atoms with Gasteiger partial charge in [-0.15, -0.1) is 0 Å². The normalized spacial score (nSPS) is 17.4. The minimum absolute atomic E-state index is 0.196. The number of halogens is 2. The number of aromatic nitrogens is 4. The van der Waals surface area contributed by atoms with Gasteiger partial charge in [-0.1, -0.05) is 35.3 Å². The van der Waals surface area contributed by atoms with Gasteiger partial charge < -0.3 is 18.9 Å². The lowest BCUT2D eigenvalue weighted by Gasteiger charge is -2.32. The van der Waals surface area contributed by atoms with Crippen molar-refractivity contribution in [1.82, 2.24) is 29.3 Å². The van der Waals surface area contributed by atoms with Gasteiger partial charge in [0, 0.05) is 43.3 Å². The van der Waals surface area contributed by atoms with Gasteiger partial charge in [0.25, 0.3) is 0 Å². The highest BCUT2D eigenvalue weighted by molar-refractivity contribution is 6.33. The summed E-state index contributed by atoms with van der Waals surface area (Å²) in [7, 11) is 2.16. The Hall–Kier alpha value is -2.91. The number of nitrogens with zero attached hydrogens (tertiary/aromatic N) is 6. The van der Waals surface area contributed by atoms with Crippen LogP contribution >= 0.6 is 23.2 Å². The number of likely N-dealkylation sites (N-methyl/N-ethyl adjacent to an activating group) is 1. The maximum absolute atomic E-state index is 6.85. The van der Waals surface area contributed by atoms with Crippen molar-refractivity contribution < 1.29 is 9.47 Å². The molecule has 3 heterocycles. The summed E-state index contributed by atoms with van der Waals surface area (Å²) in [4.78, 5) is 18.8. The zero-order chi connectivity index (χ0) is 27.0. The number of fused-ring (bicyclic) bond motifs is 1. The number of imidazole rings is 1. The van der Waals surface area contributed by atoms with Crippen LogP contribution in [0, 0.1) is 0 Å². The minimum atomic E-state index is -0.196. The van der Waals surface area contributed by atoms with Gasteiger partial charge in [-0.05, 0) is 62.7 Å². The average Bonchev–Trinajstić information content (AvgIpc) is 3.53. The van der Waals surface area contributed by atoms with E-state index < -0.39 is 0 Å². The summed E-state index contributed by atoms with van der Waals surface area (Å²) in [6.07, 6.45) is 3.52. The molecule has 6 rings (SSSR count). The van der Waals surface area contributed by atoms with Crippen molar-refractivity contribution in [2.75, 3.05) is 46.4 Å². The fourth-order valence-corrected chi connectivity index (χ4v) is 5.27. The molecule has 2 aromatic heterocycles. The summed E-state index contributed by atoms with van der Waals surface area (Å²) in [5.74, 6) is 1.91. The Balaban J connectivity index is 1.29. The second kappa shape index (κ2) is 10.9. The van der Waals surface area contributed by atoms with Crippen LogP contribution in [0.3, 0.4) is 0 Å². The van der Waals surface area contributed by atoms with Crippen molar-refractivity contribution in [3.8, 4) is 23.0 Å². The molecule has 39 heavy (non-hydrogen) atoms. The zero-order valence-corrected chi connectivity index (χ0v) is 23.8. The average molecular weight is 568 g/mol. The third kappa shape index (κ3) is 5.99. The summed E-state index contributed by atoms with van der Waals surface area (Å²) >= 11 is 13.1. The number of piperazine rings is 1. The van der Waals surface area contributed by atoms with Crippen molar-refractivity contribution in [1.29, 1.82) is 0 Å². The van der Waals surface area contributed by atoms with E-state index in [-0.39, 0.29) is 5.60 Å². The lowest BCUT2D eigenvalue weighted by molar-refractivity contribution is 0.134. The minimum Gasteiger partial charge on any atom is -0.492 e. The van der Waals surface area contributed by atoms with Gasteiger partial charge in [-0.3, -0.25) is 4.90 Å². The van der Waals surface area contributed by atoms with Crippen molar-refractivity contribution in [2.45, 2.75) is 31.9 Å². The maximum atomic E-state index is 6.85. The maximum Gasteiger partial charge on any atom is 0.245 e. The topological polar surface area (TPSA) is 68.5 Å². The Morgan fingerprint density at radius 1 is 1.00 bits per heavy atom. The summed E-state index contributed by atoms with van der Waals surface area (Å²) < 4.78 is 14.3. The smallest absolute Gasteiger partial charge is 0.245 e. The highest BCUT2D eigenvalue weighted by atomic mass is 35.5. The fraction of sp³-hybridized carbons (Fsp3) is 0.414. The van der Waals surface area contributed by atoms with Crippen molar-refractivity contribution in [2.24, 2.45) is 0 Å². The number of benzene rings is 2. The van der Waals surface area contributed by atoms with E-state index in [2.05, 4.69) is 33.7 Å². The molecule has 2 aromatic carbocycles. The monoisotopic (exact) mass is 566 g/mol. The van der Waals surface area contributed by atoms with Crippen LogP contribution in [0.4, 0.5) is 0 Å². The third-order valence-electron chi connectivity index (χ3n) is 7.48. The first kappa shape index (κ1) is 26.3. The predicted molar refractivity (Wildman–Crippen MR) is 154 cm³/mol. The molecule has 1 saturated heterocycles. The van der Waals surface area contributed by atoms with E-state index in [0.29, 0.717) is 46.1 Å². The first-order valence-electron chi connectivity index (χ1n) is 13.4. The van der Waals surface area contributed by atoms with Gasteiger partial charge in [-0.2, -0.15) is 4.98 Å². The van der Waals surface area contributed by atoms with Gasteiger partial charge in [0.1, 0.15) is 30.1 Å². The molecule has 0 atom stereocenters. The first-order valence-corrected chi connectivity index (χ1v) is 14.1. The summed E-state index contributed by atoms with van der Waals surface area (Å²) in [5, 5.41) is 1.23. The van der Waals surface area contributed by atoms with Crippen LogP contribution in [-0.4, -0.2) is 81.3 Å². The van der Waals surface area contributed by atoms with Crippen molar-refractivity contribution in [3.05, 3.63) is 64.4 Å². The van der Waals surface area contributed by atoms with Gasteiger partial charge in [0.15, 0.2) is 11.2 Å². The molecule has 204 valence electrons. The van der Waals surface area contributed by atoms with Gasteiger partial charge in [-0.25, -0.2) is 9.97 Å². The molecule has 10 heteroatoms. The van der Waals surface area contributed by atoms with Gasteiger partial charge in [0.2, 0.25) is 5.88 Å². The quantitative estimate of drug-likeness (QED) is 0.268. The molecule has 1 aliphatic carbocycles. The first-order chi connectivity index (χ1) is 18.9. The number of rotatable bonds is 9. The standard InChI is InChI=1S/C29H32Cl2N6O2/c1-29(8-9-29)39-28-25-27(32-19-33-28)37(18-20-4-3-5-21(30)16-20)26(34-25)23-7-6-22(17-24(23)31)38-15-14-36-12-10-35(2)11-13-36/h3-7,16-17,19H,8-15,18H2,1-2H3. The summed E-state index contributed by atoms with van der Waals surface area (Å²) in [6.45, 7) is 8.42. The zero-order valence-electron chi connectivity index (χ0n) is 22.2. The molecule has 0 unspecified atom stereocenters. The highest BCUT2D eigenvalue weighted by Crippen LogP contribution is 2.41. The molecular formula is C29H32Cl2N6O2. The largest absolute Gasteiger partial charge is 0.492 e. The van der Waals surface area contributed by atoms with Crippen LogP contribution in [0.1, 0.15) is 25.3 Å². The van der Waals surface area contributed by atoms with E-state index in [1.807, 2.05) is 47.0 Å². The van der Waals surface area contributed by atoms with E-state index >= 15 is 0 Å². The molecule has 2 aliphatic rings. The molecular weight excluding hydrogens is 535 g/mol. The van der Waals surface area contributed by atoms with E-state index in [1.165, 1.54) is 6.33 Å². The Kier molecular flexibility index (Phi) is 7.37. The molecule has 8 nitrogen and oxygen atoms in total. The Bertz CT molecular complexity index is 1480. The molecule has 0 radical (unpaired) electrons. The molecule has 2 fully saturated rings. The third-order valence-corrected chi connectivity index (χ3v) is 8.03. The Morgan fingerprint density at radius 2 is 1.82 bits per heavy atom. The number of hydrogen-bond acceptors (Lipinski definition) is 7. The van der Waals surface area contributed by atoms with Crippen LogP contribution in [0.15, 0.2) is 48.8 Å². The van der Waals surface area contributed by atoms with Crippen molar-refractivity contribution in [3.63, 3.8) is 0 Å². The van der Waals surface area contributed by atoms with Crippen LogP contribution < -0.4 is 9.47 Å².